The van der Waals surface area contributed by atoms with Gasteiger partial charge in [-0.1, -0.05) is 20.3 Å². The maximum Gasteiger partial charge on any atom is 0.0277 e. The summed E-state index contributed by atoms with van der Waals surface area (Å²) in [6, 6.07) is 0. The van der Waals surface area contributed by atoms with Gasteiger partial charge in [-0.15, -0.1) is 11.6 Å². The van der Waals surface area contributed by atoms with Crippen LogP contribution in [0.3, 0.4) is 0 Å². The Bertz CT molecular complexity index is 174. The Labute approximate surface area is 80.7 Å². The van der Waals surface area contributed by atoms with E-state index in [9.17, 15) is 0 Å². The van der Waals surface area contributed by atoms with Crippen LogP contribution in [0.2, 0.25) is 0 Å². The van der Waals surface area contributed by atoms with Gasteiger partial charge >= 0.3 is 0 Å². The van der Waals surface area contributed by atoms with Crippen LogP contribution in [0.4, 0.5) is 0 Å². The Balaban J connectivity index is 2.06. The fraction of sp³-hybridized carbons (Fsp3) is 1.00. The van der Waals surface area contributed by atoms with Crippen molar-refractivity contribution in [2.45, 2.75) is 39.5 Å². The first kappa shape index (κ1) is 8.87. The Kier molecular flexibility index (Phi) is 2.15. The van der Waals surface area contributed by atoms with E-state index < -0.39 is 0 Å². The molecule has 2 bridgehead atoms. The van der Waals surface area contributed by atoms with Crippen molar-refractivity contribution in [1.29, 1.82) is 0 Å². The molecule has 2 fully saturated rings. The summed E-state index contributed by atoms with van der Waals surface area (Å²) >= 11 is 6.01. The molecule has 0 N–H and O–H groups in total. The highest BCUT2D eigenvalue weighted by Crippen LogP contribution is 2.54. The van der Waals surface area contributed by atoms with Crippen LogP contribution >= 0.6 is 11.6 Å². The highest BCUT2D eigenvalue weighted by Gasteiger charge is 2.45. The van der Waals surface area contributed by atoms with E-state index in [0.717, 1.165) is 23.6 Å². The molecule has 0 heterocycles. The molecule has 2 saturated carbocycles. The van der Waals surface area contributed by atoms with Crippen LogP contribution in [0.15, 0.2) is 0 Å². The maximum absolute atomic E-state index is 6.01. The van der Waals surface area contributed by atoms with Gasteiger partial charge in [0.15, 0.2) is 0 Å². The monoisotopic (exact) mass is 186 g/mol. The quantitative estimate of drug-likeness (QED) is 0.578. The van der Waals surface area contributed by atoms with Gasteiger partial charge in [0.1, 0.15) is 0 Å². The molecular formula is C11H19Cl. The van der Waals surface area contributed by atoms with Crippen molar-refractivity contribution in [2.75, 3.05) is 5.88 Å². The number of fused-ring (bicyclic) bond motifs is 2. The molecule has 0 aromatic rings. The molecule has 0 radical (unpaired) electrons. The second-order valence-corrected chi connectivity index (χ2v) is 5.67. The largest absolute Gasteiger partial charge is 0.126 e. The van der Waals surface area contributed by atoms with Gasteiger partial charge in [0, 0.05) is 5.88 Å². The SMILES string of the molecule is CC(C)(CCl)C1CC2CCC1C2. The lowest BCUT2D eigenvalue weighted by Gasteiger charge is -2.35. The average molecular weight is 187 g/mol. The summed E-state index contributed by atoms with van der Waals surface area (Å²) in [5.74, 6) is 3.83. The van der Waals surface area contributed by atoms with Gasteiger partial charge in [-0.2, -0.15) is 0 Å². The van der Waals surface area contributed by atoms with E-state index in [-0.39, 0.29) is 0 Å². The van der Waals surface area contributed by atoms with Crippen LogP contribution in [-0.2, 0) is 0 Å². The molecule has 0 amide bonds. The number of alkyl halides is 1. The first-order valence-electron chi connectivity index (χ1n) is 5.19. The third-order valence-electron chi connectivity index (χ3n) is 4.09. The lowest BCUT2D eigenvalue weighted by molar-refractivity contribution is 0.164. The molecule has 0 aliphatic heterocycles. The van der Waals surface area contributed by atoms with Crippen molar-refractivity contribution < 1.29 is 0 Å². The normalized spacial score (nSPS) is 40.8. The van der Waals surface area contributed by atoms with Crippen LogP contribution in [0.5, 0.6) is 0 Å². The van der Waals surface area contributed by atoms with E-state index in [1.54, 1.807) is 0 Å². The number of hydrogen-bond donors (Lipinski definition) is 0. The van der Waals surface area contributed by atoms with Gasteiger partial charge in [-0.25, -0.2) is 0 Å². The van der Waals surface area contributed by atoms with Crippen molar-refractivity contribution in [3.8, 4) is 0 Å². The maximum atomic E-state index is 6.01. The zero-order valence-electron chi connectivity index (χ0n) is 8.15. The Morgan fingerprint density at radius 1 is 1.25 bits per heavy atom. The first-order chi connectivity index (χ1) is 5.63. The third kappa shape index (κ3) is 1.28. The molecule has 70 valence electrons. The molecule has 12 heavy (non-hydrogen) atoms. The molecule has 2 rings (SSSR count). The van der Waals surface area contributed by atoms with Crippen molar-refractivity contribution in [3.05, 3.63) is 0 Å². The molecule has 0 saturated heterocycles. The van der Waals surface area contributed by atoms with E-state index >= 15 is 0 Å². The Morgan fingerprint density at radius 3 is 2.42 bits per heavy atom. The molecule has 2 aliphatic rings. The van der Waals surface area contributed by atoms with Crippen LogP contribution < -0.4 is 0 Å². The standard InChI is InChI=1S/C11H19Cl/c1-11(2,7-12)10-6-8-3-4-9(10)5-8/h8-10H,3-7H2,1-2H3. The lowest BCUT2D eigenvalue weighted by atomic mass is 9.71. The number of halogens is 1. The predicted octanol–water partition coefficient (Wildman–Crippen LogP) is 3.69. The van der Waals surface area contributed by atoms with Gasteiger partial charge in [0.25, 0.3) is 0 Å². The fourth-order valence-corrected chi connectivity index (χ4v) is 3.50. The van der Waals surface area contributed by atoms with E-state index in [2.05, 4.69) is 13.8 Å². The summed E-state index contributed by atoms with van der Waals surface area (Å²) < 4.78 is 0. The highest BCUT2D eigenvalue weighted by atomic mass is 35.5. The van der Waals surface area contributed by atoms with E-state index in [1.165, 1.54) is 25.7 Å². The van der Waals surface area contributed by atoms with Gasteiger partial charge in [-0.3, -0.25) is 0 Å². The first-order valence-corrected chi connectivity index (χ1v) is 5.73. The summed E-state index contributed by atoms with van der Waals surface area (Å²) in [6.45, 7) is 4.68. The zero-order valence-corrected chi connectivity index (χ0v) is 8.90. The number of rotatable bonds is 2. The predicted molar refractivity (Wildman–Crippen MR) is 53.4 cm³/mol. The van der Waals surface area contributed by atoms with Crippen molar-refractivity contribution in [1.82, 2.24) is 0 Å². The van der Waals surface area contributed by atoms with Crippen LogP contribution in [0, 0.1) is 23.2 Å². The zero-order chi connectivity index (χ0) is 8.77. The summed E-state index contributed by atoms with van der Waals surface area (Å²) in [6.07, 6.45) is 5.95. The molecule has 0 aromatic carbocycles. The van der Waals surface area contributed by atoms with Crippen molar-refractivity contribution in [3.63, 3.8) is 0 Å². The molecule has 2 aliphatic carbocycles. The minimum absolute atomic E-state index is 0.390. The van der Waals surface area contributed by atoms with Crippen LogP contribution in [0.25, 0.3) is 0 Å². The second-order valence-electron chi connectivity index (χ2n) is 5.40. The molecule has 0 aromatic heterocycles. The smallest absolute Gasteiger partial charge is 0.0277 e. The molecule has 3 unspecified atom stereocenters. The molecule has 3 atom stereocenters. The minimum atomic E-state index is 0.390. The number of hydrogen-bond acceptors (Lipinski definition) is 0. The van der Waals surface area contributed by atoms with Gasteiger partial charge in [0.2, 0.25) is 0 Å². The second kappa shape index (κ2) is 2.90. The lowest BCUT2D eigenvalue weighted by Crippen LogP contribution is -2.30. The highest BCUT2D eigenvalue weighted by molar-refractivity contribution is 6.18. The van der Waals surface area contributed by atoms with Crippen molar-refractivity contribution in [2.24, 2.45) is 23.2 Å². The summed E-state index contributed by atoms with van der Waals surface area (Å²) in [5, 5.41) is 0. The molecular weight excluding hydrogens is 168 g/mol. The minimum Gasteiger partial charge on any atom is -0.126 e. The van der Waals surface area contributed by atoms with Gasteiger partial charge in [0.05, 0.1) is 0 Å². The van der Waals surface area contributed by atoms with Gasteiger partial charge < -0.3 is 0 Å². The Morgan fingerprint density at radius 2 is 2.00 bits per heavy atom. The molecule has 0 nitrogen and oxygen atoms in total. The summed E-state index contributed by atoms with van der Waals surface area (Å²) in [4.78, 5) is 0. The fourth-order valence-electron chi connectivity index (χ4n) is 3.30. The van der Waals surface area contributed by atoms with E-state index in [4.69, 9.17) is 11.6 Å². The summed E-state index contributed by atoms with van der Waals surface area (Å²) in [5.41, 5.74) is 0.390. The Hall–Kier alpha value is 0.290. The van der Waals surface area contributed by atoms with Crippen molar-refractivity contribution >= 4 is 11.6 Å². The van der Waals surface area contributed by atoms with E-state index in [0.29, 0.717) is 5.41 Å². The third-order valence-corrected chi connectivity index (χ3v) is 4.78. The van der Waals surface area contributed by atoms with Crippen LogP contribution in [0.1, 0.15) is 39.5 Å². The molecule has 0 spiro atoms. The molecule has 1 heteroatoms. The topological polar surface area (TPSA) is 0 Å². The summed E-state index contributed by atoms with van der Waals surface area (Å²) in [7, 11) is 0. The average Bonchev–Trinajstić information content (AvgIpc) is 2.64. The van der Waals surface area contributed by atoms with Gasteiger partial charge in [-0.05, 0) is 42.4 Å². The van der Waals surface area contributed by atoms with E-state index in [1.807, 2.05) is 0 Å². The van der Waals surface area contributed by atoms with Crippen LogP contribution in [-0.4, -0.2) is 5.88 Å².